The summed E-state index contributed by atoms with van der Waals surface area (Å²) in [7, 11) is 0. The molecule has 5 nitrogen and oxygen atoms in total. The van der Waals surface area contributed by atoms with Gasteiger partial charge in [0, 0.05) is 43.7 Å². The number of nitrogens with zero attached hydrogens (tertiary/aromatic N) is 2. The molecule has 1 aromatic heterocycles. The van der Waals surface area contributed by atoms with Crippen LogP contribution in [0, 0.1) is 0 Å². The summed E-state index contributed by atoms with van der Waals surface area (Å²) in [4.78, 5) is 28.8. The molecule has 1 aliphatic rings. The maximum absolute atomic E-state index is 12.7. The van der Waals surface area contributed by atoms with Gasteiger partial charge in [0.05, 0.1) is 5.56 Å². The second-order valence-electron chi connectivity index (χ2n) is 5.85. The summed E-state index contributed by atoms with van der Waals surface area (Å²) in [6.45, 7) is 2.96. The molecule has 1 aromatic carbocycles. The van der Waals surface area contributed by atoms with Crippen molar-refractivity contribution >= 4 is 23.2 Å². The van der Waals surface area contributed by atoms with Gasteiger partial charge in [0.1, 0.15) is 0 Å². The van der Waals surface area contributed by atoms with Crippen LogP contribution in [0.4, 0.5) is 0 Å². The van der Waals surface area contributed by atoms with E-state index in [1.165, 1.54) is 11.3 Å². The zero-order valence-electron chi connectivity index (χ0n) is 13.5. The summed E-state index contributed by atoms with van der Waals surface area (Å²) in [5.74, 6) is 0.0706. The van der Waals surface area contributed by atoms with E-state index in [9.17, 15) is 9.59 Å². The molecule has 24 heavy (non-hydrogen) atoms. The molecule has 0 saturated carbocycles. The van der Waals surface area contributed by atoms with Crippen molar-refractivity contribution < 1.29 is 9.59 Å². The summed E-state index contributed by atoms with van der Waals surface area (Å²) in [6.07, 6.45) is 0.794. The van der Waals surface area contributed by atoms with Gasteiger partial charge in [0.25, 0.3) is 11.8 Å². The van der Waals surface area contributed by atoms with Crippen molar-refractivity contribution in [3.05, 3.63) is 57.8 Å². The topological polar surface area (TPSA) is 66.6 Å². The maximum atomic E-state index is 12.7. The lowest BCUT2D eigenvalue weighted by molar-refractivity contribution is 0.0719. The molecular weight excluding hydrogens is 322 g/mol. The molecule has 0 aliphatic carbocycles. The van der Waals surface area contributed by atoms with Gasteiger partial charge in [-0.2, -0.15) is 11.3 Å². The van der Waals surface area contributed by atoms with Gasteiger partial charge >= 0.3 is 0 Å². The molecule has 2 aromatic rings. The molecule has 126 valence electrons. The van der Waals surface area contributed by atoms with Crippen molar-refractivity contribution in [1.82, 2.24) is 9.80 Å². The maximum Gasteiger partial charge on any atom is 0.254 e. The highest BCUT2D eigenvalue weighted by molar-refractivity contribution is 7.08. The lowest BCUT2D eigenvalue weighted by Gasteiger charge is -2.22. The van der Waals surface area contributed by atoms with Crippen LogP contribution in [-0.4, -0.2) is 47.8 Å². The SMILES string of the molecule is NCc1ccc(C(=O)N2CCCN(C(=O)c3ccsc3)CC2)cc1. The van der Waals surface area contributed by atoms with Gasteiger partial charge in [-0.3, -0.25) is 9.59 Å². The number of amides is 2. The molecular formula is C18H21N3O2S. The number of carbonyl (C=O) groups is 2. The van der Waals surface area contributed by atoms with Gasteiger partial charge in [-0.1, -0.05) is 12.1 Å². The first-order valence-electron chi connectivity index (χ1n) is 8.09. The molecule has 1 aliphatic heterocycles. The minimum atomic E-state index is 0.0170. The number of rotatable bonds is 3. The van der Waals surface area contributed by atoms with Crippen LogP contribution >= 0.6 is 11.3 Å². The monoisotopic (exact) mass is 343 g/mol. The molecule has 1 fully saturated rings. The molecule has 6 heteroatoms. The fourth-order valence-electron chi connectivity index (χ4n) is 2.86. The zero-order valence-corrected chi connectivity index (χ0v) is 14.3. The van der Waals surface area contributed by atoms with Crippen molar-refractivity contribution in [3.8, 4) is 0 Å². The Morgan fingerprint density at radius 2 is 1.54 bits per heavy atom. The van der Waals surface area contributed by atoms with Crippen LogP contribution in [0.25, 0.3) is 0 Å². The summed E-state index contributed by atoms with van der Waals surface area (Å²) in [5, 5.41) is 3.78. The lowest BCUT2D eigenvalue weighted by Crippen LogP contribution is -2.37. The van der Waals surface area contributed by atoms with Crippen LogP contribution in [0.15, 0.2) is 41.1 Å². The van der Waals surface area contributed by atoms with Crippen molar-refractivity contribution in [1.29, 1.82) is 0 Å². The first kappa shape index (κ1) is 16.7. The molecule has 2 heterocycles. The predicted molar refractivity (Wildman–Crippen MR) is 95.1 cm³/mol. The van der Waals surface area contributed by atoms with Crippen molar-refractivity contribution in [2.45, 2.75) is 13.0 Å². The molecule has 1 saturated heterocycles. The Morgan fingerprint density at radius 1 is 0.917 bits per heavy atom. The molecule has 0 unspecified atom stereocenters. The van der Waals surface area contributed by atoms with Gasteiger partial charge in [-0.05, 0) is 35.6 Å². The minimum Gasteiger partial charge on any atom is -0.337 e. The van der Waals surface area contributed by atoms with Crippen molar-refractivity contribution in [2.24, 2.45) is 5.73 Å². The van der Waals surface area contributed by atoms with Crippen LogP contribution in [0.2, 0.25) is 0 Å². The number of hydrogen-bond acceptors (Lipinski definition) is 4. The number of nitrogens with two attached hydrogens (primary N) is 1. The Morgan fingerprint density at radius 3 is 2.08 bits per heavy atom. The quantitative estimate of drug-likeness (QED) is 0.929. The predicted octanol–water partition coefficient (Wildman–Crippen LogP) is 2.20. The van der Waals surface area contributed by atoms with E-state index < -0.39 is 0 Å². The Balaban J connectivity index is 1.64. The summed E-state index contributed by atoms with van der Waals surface area (Å²) in [5.41, 5.74) is 8.00. The Hall–Kier alpha value is -2.18. The van der Waals surface area contributed by atoms with E-state index in [1.807, 2.05) is 50.9 Å². The average molecular weight is 343 g/mol. The highest BCUT2D eigenvalue weighted by atomic mass is 32.1. The van der Waals surface area contributed by atoms with E-state index in [4.69, 9.17) is 5.73 Å². The lowest BCUT2D eigenvalue weighted by atomic mass is 10.1. The minimum absolute atomic E-state index is 0.0170. The standard InChI is InChI=1S/C18H21N3O2S/c19-12-14-2-4-15(5-3-14)17(22)20-7-1-8-21(10-9-20)18(23)16-6-11-24-13-16/h2-6,11,13H,1,7-10,12,19H2. The number of thiophene rings is 1. The second-order valence-corrected chi connectivity index (χ2v) is 6.63. The van der Waals surface area contributed by atoms with Crippen LogP contribution < -0.4 is 5.73 Å². The fraction of sp³-hybridized carbons (Fsp3) is 0.333. The molecule has 2 N–H and O–H groups in total. The Bertz CT molecular complexity index is 698. The van der Waals surface area contributed by atoms with Gasteiger partial charge in [-0.15, -0.1) is 0 Å². The van der Waals surface area contributed by atoms with Crippen molar-refractivity contribution in [3.63, 3.8) is 0 Å². The van der Waals surface area contributed by atoms with Gasteiger partial charge in [0.15, 0.2) is 0 Å². The van der Waals surface area contributed by atoms with E-state index in [2.05, 4.69) is 0 Å². The van der Waals surface area contributed by atoms with Gasteiger partial charge in [-0.25, -0.2) is 0 Å². The summed E-state index contributed by atoms with van der Waals surface area (Å²) < 4.78 is 0. The fourth-order valence-corrected chi connectivity index (χ4v) is 3.49. The second kappa shape index (κ2) is 7.59. The third-order valence-electron chi connectivity index (χ3n) is 4.28. The first-order chi connectivity index (χ1) is 11.7. The molecule has 0 spiro atoms. The smallest absolute Gasteiger partial charge is 0.254 e. The first-order valence-corrected chi connectivity index (χ1v) is 9.03. The summed E-state index contributed by atoms with van der Waals surface area (Å²) in [6, 6.07) is 9.27. The van der Waals surface area contributed by atoms with Crippen LogP contribution in [0.5, 0.6) is 0 Å². The van der Waals surface area contributed by atoms with Crippen LogP contribution in [-0.2, 0) is 6.54 Å². The number of benzene rings is 1. The third kappa shape index (κ3) is 3.66. The van der Waals surface area contributed by atoms with Crippen LogP contribution in [0.3, 0.4) is 0 Å². The van der Waals surface area contributed by atoms with Crippen LogP contribution in [0.1, 0.15) is 32.7 Å². The molecule has 0 bridgehead atoms. The third-order valence-corrected chi connectivity index (χ3v) is 4.96. The number of hydrogen-bond donors (Lipinski definition) is 1. The Kier molecular flexibility index (Phi) is 5.27. The number of carbonyl (C=O) groups excluding carboxylic acids is 2. The Labute approximate surface area is 145 Å². The zero-order chi connectivity index (χ0) is 16.9. The van der Waals surface area contributed by atoms with E-state index in [1.54, 1.807) is 0 Å². The van der Waals surface area contributed by atoms with Gasteiger partial charge < -0.3 is 15.5 Å². The van der Waals surface area contributed by atoms with E-state index in [-0.39, 0.29) is 11.8 Å². The molecule has 3 rings (SSSR count). The van der Waals surface area contributed by atoms with E-state index in [0.717, 1.165) is 17.5 Å². The average Bonchev–Trinajstić information content (AvgIpc) is 3.05. The molecule has 0 atom stereocenters. The largest absolute Gasteiger partial charge is 0.337 e. The highest BCUT2D eigenvalue weighted by Gasteiger charge is 2.23. The van der Waals surface area contributed by atoms with E-state index >= 15 is 0 Å². The normalized spacial score (nSPS) is 15.2. The highest BCUT2D eigenvalue weighted by Crippen LogP contribution is 2.14. The van der Waals surface area contributed by atoms with Gasteiger partial charge in [0.2, 0.25) is 0 Å². The molecule has 0 radical (unpaired) electrons. The summed E-state index contributed by atoms with van der Waals surface area (Å²) >= 11 is 1.52. The van der Waals surface area contributed by atoms with Crippen molar-refractivity contribution in [2.75, 3.05) is 26.2 Å². The van der Waals surface area contributed by atoms with E-state index in [0.29, 0.717) is 38.3 Å². The molecule has 2 amide bonds.